The summed E-state index contributed by atoms with van der Waals surface area (Å²) in [6, 6.07) is 0. The number of allylic oxidation sites excluding steroid dienone is 1. The molecule has 0 N–H and O–H groups in total. The summed E-state index contributed by atoms with van der Waals surface area (Å²) in [7, 11) is -0.0679. The second-order valence-corrected chi connectivity index (χ2v) is 4.29. The van der Waals surface area contributed by atoms with Crippen LogP contribution in [0.4, 0.5) is 0 Å². The summed E-state index contributed by atoms with van der Waals surface area (Å²) in [5.41, 5.74) is 0. The molecule has 12 heavy (non-hydrogen) atoms. The van der Waals surface area contributed by atoms with Gasteiger partial charge in [0.2, 0.25) is 0 Å². The van der Waals surface area contributed by atoms with Crippen molar-refractivity contribution in [3.05, 3.63) is 11.5 Å². The molecule has 70 valence electrons. The predicted octanol–water partition coefficient (Wildman–Crippen LogP) is 0.830. The van der Waals surface area contributed by atoms with E-state index in [-0.39, 0.29) is 4.91 Å². The molecule has 0 aliphatic heterocycles. The molecule has 0 saturated heterocycles. The van der Waals surface area contributed by atoms with Crippen LogP contribution in [0.1, 0.15) is 13.3 Å². The average molecular weight is 190 g/mol. The monoisotopic (exact) mass is 190 g/mol. The van der Waals surface area contributed by atoms with E-state index in [9.17, 15) is 8.42 Å². The van der Waals surface area contributed by atoms with E-state index >= 15 is 0 Å². The van der Waals surface area contributed by atoms with Crippen LogP contribution in [0.2, 0.25) is 0 Å². The third-order valence-electron chi connectivity index (χ3n) is 1.18. The van der Waals surface area contributed by atoms with E-state index in [2.05, 4.69) is 11.0 Å². The standard InChI is InChI=1S/C7H14N2O2S/c1-5-7(2)12(10,11)8-6-9(3)4/h6H,2,5H2,1,3-4H3/b8-6+. The first kappa shape index (κ1) is 11.2. The molecule has 0 bridgehead atoms. The Kier molecular flexibility index (Phi) is 3.95. The molecule has 0 heterocycles. The third kappa shape index (κ3) is 3.52. The molecular weight excluding hydrogens is 176 g/mol. The largest absolute Gasteiger partial charge is 0.368 e. The lowest BCUT2D eigenvalue weighted by Gasteiger charge is -2.03. The van der Waals surface area contributed by atoms with Gasteiger partial charge in [0.1, 0.15) is 6.34 Å². The zero-order valence-electron chi connectivity index (χ0n) is 7.61. The van der Waals surface area contributed by atoms with Gasteiger partial charge < -0.3 is 4.90 Å². The van der Waals surface area contributed by atoms with Crippen molar-refractivity contribution >= 4 is 16.4 Å². The van der Waals surface area contributed by atoms with Crippen LogP contribution < -0.4 is 0 Å². The minimum Gasteiger partial charge on any atom is -0.368 e. The first-order chi connectivity index (χ1) is 5.40. The zero-order chi connectivity index (χ0) is 9.78. The highest BCUT2D eigenvalue weighted by molar-refractivity contribution is 7.94. The average Bonchev–Trinajstić information content (AvgIpc) is 1.99. The van der Waals surface area contributed by atoms with Crippen molar-refractivity contribution in [2.45, 2.75) is 13.3 Å². The van der Waals surface area contributed by atoms with Crippen molar-refractivity contribution in [1.29, 1.82) is 0 Å². The summed E-state index contributed by atoms with van der Waals surface area (Å²) < 4.78 is 25.7. The van der Waals surface area contributed by atoms with Crippen LogP contribution in [0.3, 0.4) is 0 Å². The van der Waals surface area contributed by atoms with Crippen molar-refractivity contribution in [3.8, 4) is 0 Å². The molecule has 0 aromatic rings. The van der Waals surface area contributed by atoms with E-state index < -0.39 is 10.0 Å². The second kappa shape index (κ2) is 4.25. The van der Waals surface area contributed by atoms with E-state index in [4.69, 9.17) is 0 Å². The van der Waals surface area contributed by atoms with Gasteiger partial charge >= 0.3 is 0 Å². The Hall–Kier alpha value is -0.840. The molecule has 0 amide bonds. The molecule has 0 aromatic heterocycles. The second-order valence-electron chi connectivity index (χ2n) is 2.55. The molecule has 0 saturated carbocycles. The summed E-state index contributed by atoms with van der Waals surface area (Å²) in [5.74, 6) is 0. The maximum atomic E-state index is 11.1. The molecule has 0 unspecified atom stereocenters. The molecule has 0 rings (SSSR count). The Morgan fingerprint density at radius 3 is 2.42 bits per heavy atom. The fourth-order valence-electron chi connectivity index (χ4n) is 0.413. The smallest absolute Gasteiger partial charge is 0.279 e. The summed E-state index contributed by atoms with van der Waals surface area (Å²) in [6.07, 6.45) is 1.64. The first-order valence-electron chi connectivity index (χ1n) is 3.55. The van der Waals surface area contributed by atoms with Gasteiger partial charge in [0.25, 0.3) is 10.0 Å². The van der Waals surface area contributed by atoms with Crippen LogP contribution in [0.25, 0.3) is 0 Å². The van der Waals surface area contributed by atoms with Crippen LogP contribution >= 0.6 is 0 Å². The molecule has 0 spiro atoms. The molecule has 4 nitrogen and oxygen atoms in total. The summed E-state index contributed by atoms with van der Waals surface area (Å²) >= 11 is 0. The number of hydrogen-bond acceptors (Lipinski definition) is 2. The lowest BCUT2D eigenvalue weighted by Crippen LogP contribution is -2.10. The summed E-state index contributed by atoms with van der Waals surface area (Å²) in [6.45, 7) is 5.13. The lowest BCUT2D eigenvalue weighted by molar-refractivity contribution is 0.599. The highest BCUT2D eigenvalue weighted by Crippen LogP contribution is 2.08. The van der Waals surface area contributed by atoms with Gasteiger partial charge in [-0.15, -0.1) is 0 Å². The van der Waals surface area contributed by atoms with E-state index in [1.54, 1.807) is 25.9 Å². The van der Waals surface area contributed by atoms with E-state index in [0.717, 1.165) is 0 Å². The predicted molar refractivity (Wildman–Crippen MR) is 50.5 cm³/mol. The van der Waals surface area contributed by atoms with Gasteiger partial charge in [0.15, 0.2) is 0 Å². The molecule has 0 fully saturated rings. The minimum atomic E-state index is -3.47. The van der Waals surface area contributed by atoms with Crippen LogP contribution in [0, 0.1) is 0 Å². The highest BCUT2D eigenvalue weighted by atomic mass is 32.2. The Balaban J connectivity index is 4.56. The number of rotatable bonds is 4. The van der Waals surface area contributed by atoms with Crippen molar-refractivity contribution in [2.24, 2.45) is 4.40 Å². The van der Waals surface area contributed by atoms with Crippen molar-refractivity contribution in [2.75, 3.05) is 14.1 Å². The summed E-state index contributed by atoms with van der Waals surface area (Å²) in [5, 5.41) is 0. The lowest BCUT2D eigenvalue weighted by atomic mass is 10.5. The number of sulfonamides is 1. The fourth-order valence-corrected chi connectivity index (χ4v) is 1.24. The van der Waals surface area contributed by atoms with Gasteiger partial charge in [-0.1, -0.05) is 13.5 Å². The Bertz CT molecular complexity index is 278. The maximum Gasteiger partial charge on any atom is 0.279 e. The zero-order valence-corrected chi connectivity index (χ0v) is 8.43. The van der Waals surface area contributed by atoms with Crippen molar-refractivity contribution < 1.29 is 8.42 Å². The summed E-state index contributed by atoms with van der Waals surface area (Å²) in [4.78, 5) is 1.70. The van der Waals surface area contributed by atoms with Gasteiger partial charge in [-0.05, 0) is 6.42 Å². The van der Waals surface area contributed by atoms with E-state index in [0.29, 0.717) is 6.42 Å². The molecular formula is C7H14N2O2S. The third-order valence-corrected chi connectivity index (χ3v) is 2.57. The maximum absolute atomic E-state index is 11.1. The Morgan fingerprint density at radius 1 is 1.58 bits per heavy atom. The Morgan fingerprint density at radius 2 is 2.08 bits per heavy atom. The van der Waals surface area contributed by atoms with Gasteiger partial charge in [0, 0.05) is 14.1 Å². The first-order valence-corrected chi connectivity index (χ1v) is 4.99. The molecule has 0 atom stereocenters. The molecule has 0 aliphatic carbocycles. The van der Waals surface area contributed by atoms with Crippen LogP contribution in [0.15, 0.2) is 15.9 Å². The normalized spacial score (nSPS) is 11.9. The van der Waals surface area contributed by atoms with Gasteiger partial charge in [0.05, 0.1) is 4.91 Å². The van der Waals surface area contributed by atoms with Crippen molar-refractivity contribution in [3.63, 3.8) is 0 Å². The molecule has 5 heteroatoms. The fraction of sp³-hybridized carbons (Fsp3) is 0.571. The highest BCUT2D eigenvalue weighted by Gasteiger charge is 2.10. The van der Waals surface area contributed by atoms with Crippen molar-refractivity contribution in [1.82, 2.24) is 4.90 Å². The van der Waals surface area contributed by atoms with E-state index in [1.165, 1.54) is 6.34 Å². The molecule has 0 radical (unpaired) electrons. The SMILES string of the molecule is C=C(CC)S(=O)(=O)/N=C/N(C)C. The van der Waals surface area contributed by atoms with Gasteiger partial charge in [-0.3, -0.25) is 0 Å². The van der Waals surface area contributed by atoms with Crippen LogP contribution in [-0.4, -0.2) is 33.8 Å². The van der Waals surface area contributed by atoms with Gasteiger partial charge in [-0.25, -0.2) is 0 Å². The quantitative estimate of drug-likeness (QED) is 0.487. The minimum absolute atomic E-state index is 0.139. The topological polar surface area (TPSA) is 49.7 Å². The van der Waals surface area contributed by atoms with Crippen LogP contribution in [-0.2, 0) is 10.0 Å². The number of nitrogens with zero attached hydrogens (tertiary/aromatic N) is 2. The van der Waals surface area contributed by atoms with Gasteiger partial charge in [-0.2, -0.15) is 12.8 Å². The van der Waals surface area contributed by atoms with Crippen LogP contribution in [0.5, 0.6) is 0 Å². The number of hydrogen-bond donors (Lipinski definition) is 0. The van der Waals surface area contributed by atoms with E-state index in [1.807, 2.05) is 0 Å². The Labute approximate surface area is 73.7 Å². The molecule has 0 aromatic carbocycles. The molecule has 0 aliphatic rings.